The summed E-state index contributed by atoms with van der Waals surface area (Å²) in [4.78, 5) is 41.8. The lowest BCUT2D eigenvalue weighted by atomic mass is 9.78. The van der Waals surface area contributed by atoms with E-state index >= 15 is 0 Å². The van der Waals surface area contributed by atoms with Gasteiger partial charge in [0.15, 0.2) is 0 Å². The number of benzene rings is 3. The van der Waals surface area contributed by atoms with Gasteiger partial charge in [-0.2, -0.15) is 0 Å². The number of aromatic amines is 1. The van der Waals surface area contributed by atoms with Crippen LogP contribution in [0.4, 0.5) is 0 Å². The number of hydrogen-bond acceptors (Lipinski definition) is 5. The maximum atomic E-state index is 13.7. The number of aryl methyl sites for hydroxylation is 1. The fourth-order valence-corrected chi connectivity index (χ4v) is 6.69. The molecule has 8 heteroatoms. The maximum absolute atomic E-state index is 13.7. The highest BCUT2D eigenvalue weighted by Gasteiger charge is 2.28. The Morgan fingerprint density at radius 3 is 1.02 bits per heavy atom. The van der Waals surface area contributed by atoms with E-state index in [-0.39, 0.29) is 51.3 Å². The van der Waals surface area contributed by atoms with Crippen LogP contribution in [-0.2, 0) is 45.6 Å². The van der Waals surface area contributed by atoms with Gasteiger partial charge in [-0.15, -0.1) is 0 Å². The van der Waals surface area contributed by atoms with Gasteiger partial charge in [0.1, 0.15) is 11.5 Å². The fourth-order valence-electron chi connectivity index (χ4n) is 6.69. The van der Waals surface area contributed by atoms with Gasteiger partial charge in [-0.1, -0.05) is 161 Å². The molecule has 3 aromatic carbocycles. The summed E-state index contributed by atoms with van der Waals surface area (Å²) in [5.74, 6) is 0.689. The first-order chi connectivity index (χ1) is 25.0. The average molecular weight is 770 g/mol. The molecule has 4 rings (SSSR count). The van der Waals surface area contributed by atoms with E-state index in [4.69, 9.17) is 0 Å². The average Bonchev–Trinajstić information content (AvgIpc) is 3.00. The second-order valence-corrected chi connectivity index (χ2v) is 21.9. The Morgan fingerprint density at radius 2 is 0.732 bits per heavy atom. The minimum Gasteiger partial charge on any atom is -0.507 e. The normalized spacial score (nSPS) is 13.1. The number of aromatic nitrogens is 3. The van der Waals surface area contributed by atoms with Crippen molar-refractivity contribution in [3.05, 3.63) is 124 Å². The second-order valence-electron chi connectivity index (χ2n) is 21.9. The summed E-state index contributed by atoms with van der Waals surface area (Å²) in [6.45, 7) is 39.7. The number of nitrogens with zero attached hydrogens (tertiary/aromatic N) is 2. The van der Waals surface area contributed by atoms with Crippen LogP contribution in [0.1, 0.15) is 175 Å². The van der Waals surface area contributed by atoms with Gasteiger partial charge < -0.3 is 10.2 Å². The third kappa shape index (κ3) is 10.9. The smallest absolute Gasteiger partial charge is 0.336 e. The molecule has 0 aliphatic carbocycles. The predicted octanol–water partition coefficient (Wildman–Crippen LogP) is 9.99. The van der Waals surface area contributed by atoms with Crippen LogP contribution in [-0.4, -0.2) is 24.3 Å². The summed E-state index contributed by atoms with van der Waals surface area (Å²) in [7, 11) is 0. The third-order valence-corrected chi connectivity index (χ3v) is 10.2. The molecule has 8 nitrogen and oxygen atoms in total. The van der Waals surface area contributed by atoms with Gasteiger partial charge in [-0.05, 0) is 96.1 Å². The van der Waals surface area contributed by atoms with Crippen molar-refractivity contribution in [3.63, 3.8) is 0 Å². The van der Waals surface area contributed by atoms with Crippen LogP contribution in [0.15, 0.2) is 56.8 Å². The molecule has 4 aromatic rings. The quantitative estimate of drug-likeness (QED) is 0.191. The zero-order valence-corrected chi connectivity index (χ0v) is 38.0. The van der Waals surface area contributed by atoms with Crippen molar-refractivity contribution in [3.8, 4) is 11.5 Å². The molecule has 1 aromatic heterocycles. The summed E-state index contributed by atoms with van der Waals surface area (Å²) in [6.07, 6.45) is 0. The van der Waals surface area contributed by atoms with E-state index in [1.165, 1.54) is 5.56 Å². The van der Waals surface area contributed by atoms with Crippen molar-refractivity contribution in [2.75, 3.05) is 0 Å². The number of phenols is 2. The minimum atomic E-state index is -0.757. The predicted molar refractivity (Wildman–Crippen MR) is 233 cm³/mol. The molecule has 0 amide bonds. The molecule has 0 fully saturated rings. The van der Waals surface area contributed by atoms with Gasteiger partial charge in [-0.25, -0.2) is 23.5 Å². The van der Waals surface area contributed by atoms with Gasteiger partial charge >= 0.3 is 17.1 Å². The van der Waals surface area contributed by atoms with Crippen molar-refractivity contribution < 1.29 is 10.2 Å². The zero-order valence-electron chi connectivity index (χ0n) is 38.0. The summed E-state index contributed by atoms with van der Waals surface area (Å²) < 4.78 is 2.15. The Bertz CT molecular complexity index is 2140. The second kappa shape index (κ2) is 15.5. The highest BCUT2D eigenvalue weighted by molar-refractivity contribution is 5.51. The van der Waals surface area contributed by atoms with E-state index in [1.54, 1.807) is 0 Å². The first kappa shape index (κ1) is 46.1. The van der Waals surface area contributed by atoms with Crippen LogP contribution in [0, 0.1) is 6.92 Å². The number of nitrogens with one attached hydrogen (secondary N) is 1. The Morgan fingerprint density at radius 1 is 0.446 bits per heavy atom. The lowest BCUT2D eigenvalue weighted by molar-refractivity contribution is 0.421. The molecular formula is C48H71N3O5. The van der Waals surface area contributed by atoms with E-state index in [1.807, 2.05) is 65.8 Å². The fraction of sp³-hybridized carbons (Fsp3) is 0.562. The highest BCUT2D eigenvalue weighted by Crippen LogP contribution is 2.41. The number of H-pyrrole nitrogens is 1. The Hall–Kier alpha value is -4.33. The number of aromatic hydroxyl groups is 2. The van der Waals surface area contributed by atoms with Gasteiger partial charge in [0.2, 0.25) is 0 Å². The molecule has 1 heterocycles. The van der Waals surface area contributed by atoms with Crippen molar-refractivity contribution in [1.82, 2.24) is 14.1 Å². The third-order valence-electron chi connectivity index (χ3n) is 10.2. The highest BCUT2D eigenvalue weighted by atomic mass is 16.3. The molecule has 3 N–H and O–H groups in total. The van der Waals surface area contributed by atoms with Crippen LogP contribution in [0.2, 0.25) is 0 Å². The van der Waals surface area contributed by atoms with E-state index < -0.39 is 17.1 Å². The van der Waals surface area contributed by atoms with Crippen LogP contribution >= 0.6 is 0 Å². The minimum absolute atomic E-state index is 0.0178. The van der Waals surface area contributed by atoms with Gasteiger partial charge in [0.25, 0.3) is 0 Å². The van der Waals surface area contributed by atoms with Crippen molar-refractivity contribution in [2.24, 2.45) is 0 Å². The Balaban J connectivity index is 0.000000439. The molecule has 0 saturated carbocycles. The number of phenolic OH excluding ortho intramolecular Hbond substituents is 2. The van der Waals surface area contributed by atoms with E-state index in [9.17, 15) is 24.6 Å². The SMILES string of the molecule is CC(C)(C)c1cc(Cn2c(=O)[nH]c(=O)n(Cc3cc(C(C)(C)C)c(O)c(C(C)(C)C)c3)c2=O)cc(C(C)(C)C)c1.Cc1cc(C(C)(C)C)c(O)c(C(C)(C)C)c1. The summed E-state index contributed by atoms with van der Waals surface area (Å²) >= 11 is 0. The maximum Gasteiger partial charge on any atom is 0.336 e. The lowest BCUT2D eigenvalue weighted by Crippen LogP contribution is -2.49. The van der Waals surface area contributed by atoms with Gasteiger partial charge in [0.05, 0.1) is 13.1 Å². The standard InChI is InChI=1S/C33H47N3O4.C15H24O/c1-30(2,3)22-13-20(14-23(17-22)31(4,5)6)18-35-27(38)34-28(39)36(29(35)40)19-21-15-24(32(7,8)9)26(37)25(16-21)33(10,11)12;1-10-8-11(14(2,3)4)13(16)12(9-10)15(5,6)7/h13-17,37H,18-19H2,1-12H3,(H,34,38,39);8-9,16H,1-7H3. The first-order valence-electron chi connectivity index (χ1n) is 19.8. The molecule has 0 bridgehead atoms. The number of rotatable bonds is 4. The summed E-state index contributed by atoms with van der Waals surface area (Å²) in [5.41, 5.74) is 5.35. The Kier molecular flexibility index (Phi) is 12.8. The monoisotopic (exact) mass is 770 g/mol. The molecule has 0 spiro atoms. The molecular weight excluding hydrogens is 699 g/mol. The van der Waals surface area contributed by atoms with Gasteiger partial charge in [0, 0.05) is 0 Å². The Labute approximate surface area is 336 Å². The summed E-state index contributed by atoms with van der Waals surface area (Å²) in [5, 5.41) is 21.5. The molecule has 0 saturated heterocycles. The van der Waals surface area contributed by atoms with Crippen molar-refractivity contribution >= 4 is 0 Å². The molecule has 0 atom stereocenters. The van der Waals surface area contributed by atoms with Crippen LogP contribution < -0.4 is 17.1 Å². The molecule has 56 heavy (non-hydrogen) atoms. The summed E-state index contributed by atoms with van der Waals surface area (Å²) in [6, 6.07) is 14.1. The van der Waals surface area contributed by atoms with Gasteiger partial charge in [-0.3, -0.25) is 4.98 Å². The van der Waals surface area contributed by atoms with Crippen LogP contribution in [0.3, 0.4) is 0 Å². The largest absolute Gasteiger partial charge is 0.507 e. The van der Waals surface area contributed by atoms with Crippen LogP contribution in [0.5, 0.6) is 11.5 Å². The molecule has 0 unspecified atom stereocenters. The number of hydrogen-bond donors (Lipinski definition) is 3. The molecule has 0 aliphatic heterocycles. The van der Waals surface area contributed by atoms with Crippen molar-refractivity contribution in [2.45, 2.75) is 177 Å². The molecule has 0 aliphatic rings. The van der Waals surface area contributed by atoms with Crippen LogP contribution in [0.25, 0.3) is 0 Å². The van der Waals surface area contributed by atoms with E-state index in [2.05, 4.69) is 113 Å². The lowest BCUT2D eigenvalue weighted by Gasteiger charge is -2.28. The topological polar surface area (TPSA) is 117 Å². The molecule has 308 valence electrons. The molecule has 0 radical (unpaired) electrons. The zero-order chi connectivity index (χ0) is 43.3. The van der Waals surface area contributed by atoms with Crippen molar-refractivity contribution in [1.29, 1.82) is 0 Å². The van der Waals surface area contributed by atoms with E-state index in [0.29, 0.717) is 11.3 Å². The first-order valence-corrected chi connectivity index (χ1v) is 19.8. The van der Waals surface area contributed by atoms with E-state index in [0.717, 1.165) is 48.1 Å².